The lowest BCUT2D eigenvalue weighted by molar-refractivity contribution is -0.274. The van der Waals surface area contributed by atoms with E-state index in [1.807, 2.05) is 6.07 Å². The average Bonchev–Trinajstić information content (AvgIpc) is 2.85. The zero-order chi connectivity index (χ0) is 15.8. The summed E-state index contributed by atoms with van der Waals surface area (Å²) in [7, 11) is 0. The molecule has 3 nitrogen and oxygen atoms in total. The van der Waals surface area contributed by atoms with Gasteiger partial charge in [0.05, 0.1) is 13.2 Å². The van der Waals surface area contributed by atoms with Gasteiger partial charge < -0.3 is 14.2 Å². The van der Waals surface area contributed by atoms with Crippen molar-refractivity contribution in [2.75, 3.05) is 13.2 Å². The van der Waals surface area contributed by atoms with E-state index in [4.69, 9.17) is 9.47 Å². The van der Waals surface area contributed by atoms with Crippen molar-refractivity contribution >= 4 is 0 Å². The molecule has 0 unspecified atom stereocenters. The van der Waals surface area contributed by atoms with Gasteiger partial charge in [0.15, 0.2) is 5.79 Å². The second kappa shape index (κ2) is 5.74. The SMILES string of the molecule is Cc1cc(OC(F)(F)F)cc(C2CCC3(CC2)OCCO3)c1. The molecule has 0 aromatic heterocycles. The summed E-state index contributed by atoms with van der Waals surface area (Å²) < 4.78 is 52.6. The van der Waals surface area contributed by atoms with Crippen molar-refractivity contribution in [3.63, 3.8) is 0 Å². The predicted octanol–water partition coefficient (Wildman–Crippen LogP) is 4.29. The third-order valence-corrected chi connectivity index (χ3v) is 4.34. The molecule has 1 aliphatic heterocycles. The van der Waals surface area contributed by atoms with Crippen molar-refractivity contribution in [3.8, 4) is 5.75 Å². The van der Waals surface area contributed by atoms with Gasteiger partial charge in [-0.05, 0) is 48.9 Å². The maximum absolute atomic E-state index is 12.4. The topological polar surface area (TPSA) is 27.7 Å². The minimum atomic E-state index is -4.66. The van der Waals surface area contributed by atoms with Crippen LogP contribution in [0.1, 0.15) is 42.7 Å². The van der Waals surface area contributed by atoms with Crippen LogP contribution in [0.15, 0.2) is 18.2 Å². The lowest BCUT2D eigenvalue weighted by atomic mass is 9.80. The van der Waals surface area contributed by atoms with Gasteiger partial charge in [0.1, 0.15) is 5.75 Å². The number of halogens is 3. The minimum Gasteiger partial charge on any atom is -0.406 e. The van der Waals surface area contributed by atoms with Gasteiger partial charge in [0, 0.05) is 12.8 Å². The summed E-state index contributed by atoms with van der Waals surface area (Å²) >= 11 is 0. The Morgan fingerprint density at radius 3 is 2.32 bits per heavy atom. The average molecular weight is 316 g/mol. The zero-order valence-corrected chi connectivity index (χ0v) is 12.4. The quantitative estimate of drug-likeness (QED) is 0.814. The monoisotopic (exact) mass is 316 g/mol. The van der Waals surface area contributed by atoms with Crippen LogP contribution in [0.25, 0.3) is 0 Å². The molecule has 3 rings (SSSR count). The van der Waals surface area contributed by atoms with Crippen LogP contribution in [0.5, 0.6) is 5.75 Å². The first-order chi connectivity index (χ1) is 10.4. The van der Waals surface area contributed by atoms with E-state index in [1.54, 1.807) is 6.92 Å². The molecule has 1 heterocycles. The molecule has 0 N–H and O–H groups in total. The highest BCUT2D eigenvalue weighted by atomic mass is 19.4. The van der Waals surface area contributed by atoms with E-state index in [-0.39, 0.29) is 11.7 Å². The fourth-order valence-corrected chi connectivity index (χ4v) is 3.38. The number of hydrogen-bond acceptors (Lipinski definition) is 3. The maximum Gasteiger partial charge on any atom is 0.573 e. The lowest BCUT2D eigenvalue weighted by Crippen LogP contribution is -2.34. The summed E-state index contributed by atoms with van der Waals surface area (Å²) in [5, 5.41) is 0. The van der Waals surface area contributed by atoms with Crippen molar-refractivity contribution in [2.45, 2.75) is 50.7 Å². The molecular formula is C16H19F3O3. The number of benzene rings is 1. The summed E-state index contributed by atoms with van der Waals surface area (Å²) in [5.74, 6) is -0.379. The normalized spacial score (nSPS) is 22.2. The van der Waals surface area contributed by atoms with Crippen molar-refractivity contribution in [1.29, 1.82) is 0 Å². The van der Waals surface area contributed by atoms with Gasteiger partial charge >= 0.3 is 6.36 Å². The molecule has 1 aliphatic carbocycles. The van der Waals surface area contributed by atoms with E-state index < -0.39 is 12.1 Å². The first-order valence-electron chi connectivity index (χ1n) is 7.51. The number of ether oxygens (including phenoxy) is 3. The van der Waals surface area contributed by atoms with Crippen LogP contribution in [0, 0.1) is 6.92 Å². The molecule has 1 saturated carbocycles. The Bertz CT molecular complexity index is 526. The van der Waals surface area contributed by atoms with E-state index in [2.05, 4.69) is 4.74 Å². The van der Waals surface area contributed by atoms with Crippen molar-refractivity contribution in [3.05, 3.63) is 29.3 Å². The molecule has 122 valence electrons. The van der Waals surface area contributed by atoms with Crippen LogP contribution in [0.4, 0.5) is 13.2 Å². The summed E-state index contributed by atoms with van der Waals surface area (Å²) in [6.45, 7) is 3.03. The largest absolute Gasteiger partial charge is 0.573 e. The Hall–Kier alpha value is -1.27. The maximum atomic E-state index is 12.4. The van der Waals surface area contributed by atoms with Gasteiger partial charge in [-0.2, -0.15) is 0 Å². The molecule has 6 heteroatoms. The van der Waals surface area contributed by atoms with Crippen LogP contribution in [0.2, 0.25) is 0 Å². The summed E-state index contributed by atoms with van der Waals surface area (Å²) in [6.07, 6.45) is -1.42. The zero-order valence-electron chi connectivity index (χ0n) is 12.4. The van der Waals surface area contributed by atoms with E-state index in [1.165, 1.54) is 12.1 Å². The minimum absolute atomic E-state index is 0.142. The Labute approximate surface area is 127 Å². The molecule has 1 aromatic rings. The van der Waals surface area contributed by atoms with Crippen LogP contribution in [0.3, 0.4) is 0 Å². The second-order valence-corrected chi connectivity index (χ2v) is 6.01. The molecule has 0 amide bonds. The molecule has 1 spiro atoms. The number of hydrogen-bond donors (Lipinski definition) is 0. The number of aryl methyl sites for hydroxylation is 1. The van der Waals surface area contributed by atoms with Crippen LogP contribution >= 0.6 is 0 Å². The molecule has 0 radical (unpaired) electrons. The molecule has 1 saturated heterocycles. The van der Waals surface area contributed by atoms with E-state index in [0.29, 0.717) is 13.2 Å². The third-order valence-electron chi connectivity index (χ3n) is 4.34. The van der Waals surface area contributed by atoms with Gasteiger partial charge in [-0.1, -0.05) is 6.07 Å². The van der Waals surface area contributed by atoms with Gasteiger partial charge in [-0.15, -0.1) is 13.2 Å². The van der Waals surface area contributed by atoms with Crippen LogP contribution in [-0.2, 0) is 9.47 Å². The van der Waals surface area contributed by atoms with Crippen LogP contribution < -0.4 is 4.74 Å². The Balaban J connectivity index is 1.72. The van der Waals surface area contributed by atoms with Crippen molar-refractivity contribution in [1.82, 2.24) is 0 Å². The fourth-order valence-electron chi connectivity index (χ4n) is 3.38. The molecule has 0 bridgehead atoms. The van der Waals surface area contributed by atoms with Gasteiger partial charge in [0.25, 0.3) is 0 Å². The molecule has 1 aromatic carbocycles. The smallest absolute Gasteiger partial charge is 0.406 e. The van der Waals surface area contributed by atoms with E-state index in [0.717, 1.165) is 36.8 Å². The number of alkyl halides is 3. The Morgan fingerprint density at radius 1 is 1.09 bits per heavy atom. The first kappa shape index (κ1) is 15.6. The highest BCUT2D eigenvalue weighted by Gasteiger charge is 2.40. The second-order valence-electron chi connectivity index (χ2n) is 6.01. The third kappa shape index (κ3) is 3.55. The summed E-state index contributed by atoms with van der Waals surface area (Å²) in [4.78, 5) is 0. The first-order valence-corrected chi connectivity index (χ1v) is 7.51. The molecule has 22 heavy (non-hydrogen) atoms. The molecule has 0 atom stereocenters. The van der Waals surface area contributed by atoms with Gasteiger partial charge in [-0.3, -0.25) is 0 Å². The van der Waals surface area contributed by atoms with Crippen LogP contribution in [-0.4, -0.2) is 25.4 Å². The highest BCUT2D eigenvalue weighted by Crippen LogP contribution is 2.43. The Morgan fingerprint density at radius 2 is 1.73 bits per heavy atom. The molecule has 2 fully saturated rings. The lowest BCUT2D eigenvalue weighted by Gasteiger charge is -2.35. The standard InChI is InChI=1S/C16H19F3O3/c1-11-8-13(10-14(9-11)22-16(17,18)19)12-2-4-15(5-3-12)20-6-7-21-15/h8-10,12H,2-7H2,1H3. The van der Waals surface area contributed by atoms with Gasteiger partial charge in [0.2, 0.25) is 0 Å². The predicted molar refractivity (Wildman–Crippen MR) is 73.7 cm³/mol. The molecule has 2 aliphatic rings. The molecular weight excluding hydrogens is 297 g/mol. The van der Waals surface area contributed by atoms with E-state index >= 15 is 0 Å². The Kier molecular flexibility index (Phi) is 4.07. The van der Waals surface area contributed by atoms with Crippen molar-refractivity contribution < 1.29 is 27.4 Å². The summed E-state index contributed by atoms with van der Waals surface area (Å²) in [5.41, 5.74) is 1.66. The van der Waals surface area contributed by atoms with Crippen molar-refractivity contribution in [2.24, 2.45) is 0 Å². The van der Waals surface area contributed by atoms with Gasteiger partial charge in [-0.25, -0.2) is 0 Å². The fraction of sp³-hybridized carbons (Fsp3) is 0.625. The number of rotatable bonds is 2. The summed E-state index contributed by atoms with van der Waals surface area (Å²) in [6, 6.07) is 4.84. The highest BCUT2D eigenvalue weighted by molar-refractivity contribution is 5.36. The van der Waals surface area contributed by atoms with E-state index in [9.17, 15) is 13.2 Å².